The highest BCUT2D eigenvalue weighted by Gasteiger charge is 2.30. The summed E-state index contributed by atoms with van der Waals surface area (Å²) in [6.07, 6.45) is 47.0. The normalized spacial score (nSPS) is 14.4. The van der Waals surface area contributed by atoms with Gasteiger partial charge in [-0.3, -0.25) is 37.3 Å². The first-order valence-electron chi connectivity index (χ1n) is 34.8. The van der Waals surface area contributed by atoms with Crippen molar-refractivity contribution in [3.05, 3.63) is 24.3 Å². The number of hydrogen-bond donors (Lipinski definition) is 3. The van der Waals surface area contributed by atoms with Crippen LogP contribution in [0.3, 0.4) is 0 Å². The molecule has 87 heavy (non-hydrogen) atoms. The van der Waals surface area contributed by atoms with E-state index >= 15 is 0 Å². The summed E-state index contributed by atoms with van der Waals surface area (Å²) < 4.78 is 68.0. The highest BCUT2D eigenvalue weighted by molar-refractivity contribution is 7.47. The Kier molecular flexibility index (Phi) is 58.1. The summed E-state index contributed by atoms with van der Waals surface area (Å²) in [5.74, 6) is -0.715. The molecule has 0 bridgehead atoms. The standard InChI is InChI=1S/C68H128O17P2/c1-7-9-11-13-15-16-17-18-19-22-25-28-32-39-45-51-66(71)79-57-63(84-67(72)52-46-40-33-29-26-23-20-21-24-27-31-36-42-48-60(3)4)58-82-86(74,75)80-54-62(69)55-81-87(76,77)83-59-64(56-78-65(70)50-44-38-30-14-12-10-8-2)85-68(73)53-47-41-35-34-37-43-49-61(5)6/h16-19,60-64,69H,7-15,20-59H2,1-6H3,(H,74,75)(H,76,77)/b17-16-,19-18-/t62-,63-,64-/m1/s1. The Balaban J connectivity index is 5.24. The molecule has 0 saturated heterocycles. The number of esters is 4. The number of aliphatic hydroxyl groups is 1. The molecule has 0 aromatic rings. The van der Waals surface area contributed by atoms with Crippen molar-refractivity contribution in [3.8, 4) is 0 Å². The number of phosphoric ester groups is 2. The number of unbranched alkanes of at least 4 members (excludes halogenated alkanes) is 32. The molecule has 5 atom stereocenters. The fraction of sp³-hybridized carbons (Fsp3) is 0.882. The molecule has 0 aromatic heterocycles. The van der Waals surface area contributed by atoms with Crippen molar-refractivity contribution in [1.82, 2.24) is 0 Å². The second-order valence-electron chi connectivity index (χ2n) is 24.8. The molecule has 3 N–H and O–H groups in total. The van der Waals surface area contributed by atoms with Gasteiger partial charge in [0.05, 0.1) is 26.4 Å². The second-order valence-corrected chi connectivity index (χ2v) is 27.7. The van der Waals surface area contributed by atoms with Crippen molar-refractivity contribution in [2.24, 2.45) is 11.8 Å². The molecule has 0 rings (SSSR count). The molecule has 19 heteroatoms. The zero-order chi connectivity index (χ0) is 64.3. The van der Waals surface area contributed by atoms with Crippen LogP contribution in [0.15, 0.2) is 24.3 Å². The molecule has 17 nitrogen and oxygen atoms in total. The van der Waals surface area contributed by atoms with E-state index in [4.69, 9.17) is 37.0 Å². The minimum Gasteiger partial charge on any atom is -0.462 e. The van der Waals surface area contributed by atoms with Crippen molar-refractivity contribution < 1.29 is 80.2 Å². The van der Waals surface area contributed by atoms with Gasteiger partial charge in [-0.1, -0.05) is 265 Å². The van der Waals surface area contributed by atoms with E-state index in [0.717, 1.165) is 128 Å². The Hall–Kier alpha value is -2.46. The van der Waals surface area contributed by atoms with Gasteiger partial charge in [0.15, 0.2) is 12.2 Å². The van der Waals surface area contributed by atoms with Crippen LogP contribution in [0.4, 0.5) is 0 Å². The number of allylic oxidation sites excluding steroid dienone is 4. The van der Waals surface area contributed by atoms with Crippen LogP contribution < -0.4 is 0 Å². The summed E-state index contributed by atoms with van der Waals surface area (Å²) in [5.41, 5.74) is 0. The smallest absolute Gasteiger partial charge is 0.462 e. The number of ether oxygens (including phenoxy) is 4. The molecule has 0 radical (unpaired) electrons. The summed E-state index contributed by atoms with van der Waals surface area (Å²) in [4.78, 5) is 72.2. The van der Waals surface area contributed by atoms with Crippen LogP contribution >= 0.6 is 15.6 Å². The zero-order valence-electron chi connectivity index (χ0n) is 55.8. The van der Waals surface area contributed by atoms with Crippen LogP contribution in [0.25, 0.3) is 0 Å². The summed E-state index contributed by atoms with van der Waals surface area (Å²) in [5, 5.41) is 10.5. The molecule has 0 aliphatic heterocycles. The summed E-state index contributed by atoms with van der Waals surface area (Å²) in [7, 11) is -9.90. The van der Waals surface area contributed by atoms with E-state index in [-0.39, 0.29) is 25.7 Å². The Morgan fingerprint density at radius 3 is 0.943 bits per heavy atom. The van der Waals surface area contributed by atoms with E-state index in [1.165, 1.54) is 103 Å². The van der Waals surface area contributed by atoms with E-state index in [0.29, 0.717) is 31.6 Å². The van der Waals surface area contributed by atoms with Crippen molar-refractivity contribution in [2.75, 3.05) is 39.6 Å². The summed E-state index contributed by atoms with van der Waals surface area (Å²) in [6, 6.07) is 0. The summed E-state index contributed by atoms with van der Waals surface area (Å²) in [6.45, 7) is 9.34. The predicted molar refractivity (Wildman–Crippen MR) is 349 cm³/mol. The van der Waals surface area contributed by atoms with Gasteiger partial charge in [-0.2, -0.15) is 0 Å². The lowest BCUT2D eigenvalue weighted by Crippen LogP contribution is -2.30. The number of carbonyl (C=O) groups excluding carboxylic acids is 4. The van der Waals surface area contributed by atoms with Crippen molar-refractivity contribution in [3.63, 3.8) is 0 Å². The highest BCUT2D eigenvalue weighted by atomic mass is 31.2. The SMILES string of the molecule is CCCCCC/C=C\C=C/CCCCCCCC(=O)OC[C@H](COP(=O)(O)OC[C@@H](O)COP(=O)(O)OC[C@@H](COC(=O)CCCCCCCCC)OC(=O)CCCCCCCCC(C)C)OC(=O)CCCCCCCCCCCCCCCC(C)C. The first-order chi connectivity index (χ1) is 41.9. The van der Waals surface area contributed by atoms with E-state index in [9.17, 15) is 43.2 Å². The van der Waals surface area contributed by atoms with Crippen LogP contribution in [-0.4, -0.2) is 96.7 Å². The molecule has 0 heterocycles. The van der Waals surface area contributed by atoms with Gasteiger partial charge in [0.2, 0.25) is 0 Å². The monoisotopic (exact) mass is 1280 g/mol. The topological polar surface area (TPSA) is 237 Å². The Labute approximate surface area is 529 Å². The molecular formula is C68H128O17P2. The third kappa shape index (κ3) is 62.1. The van der Waals surface area contributed by atoms with E-state index in [1.807, 2.05) is 0 Å². The number of phosphoric acid groups is 2. The molecule has 0 amide bonds. The van der Waals surface area contributed by atoms with Gasteiger partial charge >= 0.3 is 39.5 Å². The van der Waals surface area contributed by atoms with E-state index in [2.05, 4.69) is 65.8 Å². The van der Waals surface area contributed by atoms with Crippen LogP contribution in [0.1, 0.15) is 318 Å². The molecule has 0 aromatic carbocycles. The predicted octanol–water partition coefficient (Wildman–Crippen LogP) is 18.8. The summed E-state index contributed by atoms with van der Waals surface area (Å²) >= 11 is 0. The number of rotatable bonds is 65. The van der Waals surface area contributed by atoms with Crippen molar-refractivity contribution in [2.45, 2.75) is 336 Å². The van der Waals surface area contributed by atoms with Crippen LogP contribution in [0, 0.1) is 11.8 Å². The number of aliphatic hydroxyl groups excluding tert-OH is 1. The van der Waals surface area contributed by atoms with Crippen molar-refractivity contribution in [1.29, 1.82) is 0 Å². The van der Waals surface area contributed by atoms with Crippen LogP contribution in [0.2, 0.25) is 0 Å². The first kappa shape index (κ1) is 84.5. The zero-order valence-corrected chi connectivity index (χ0v) is 57.6. The fourth-order valence-electron chi connectivity index (χ4n) is 9.70. The average Bonchev–Trinajstić information content (AvgIpc) is 3.48. The van der Waals surface area contributed by atoms with E-state index < -0.39 is 97.5 Å². The van der Waals surface area contributed by atoms with Crippen molar-refractivity contribution >= 4 is 39.5 Å². The quantitative estimate of drug-likeness (QED) is 0.0169. The molecule has 2 unspecified atom stereocenters. The Morgan fingerprint density at radius 2 is 0.621 bits per heavy atom. The fourth-order valence-corrected chi connectivity index (χ4v) is 11.3. The van der Waals surface area contributed by atoms with Gasteiger partial charge < -0.3 is 33.8 Å². The molecular weight excluding hydrogens is 1150 g/mol. The third-order valence-electron chi connectivity index (χ3n) is 15.1. The van der Waals surface area contributed by atoms with Gasteiger partial charge in [0.1, 0.15) is 19.3 Å². The van der Waals surface area contributed by atoms with Crippen LogP contribution in [0.5, 0.6) is 0 Å². The molecule has 0 aliphatic rings. The number of carbonyl (C=O) groups is 4. The average molecular weight is 1280 g/mol. The lowest BCUT2D eigenvalue weighted by atomic mass is 10.0. The maximum Gasteiger partial charge on any atom is 0.472 e. The minimum atomic E-state index is -4.96. The van der Waals surface area contributed by atoms with E-state index in [1.54, 1.807) is 0 Å². The molecule has 0 spiro atoms. The van der Waals surface area contributed by atoms with Gasteiger partial charge in [0.25, 0.3) is 0 Å². The molecule has 512 valence electrons. The van der Waals surface area contributed by atoms with Gasteiger partial charge in [-0.15, -0.1) is 0 Å². The maximum atomic E-state index is 13.0. The van der Waals surface area contributed by atoms with Crippen LogP contribution in [-0.2, 0) is 65.4 Å². The van der Waals surface area contributed by atoms with Gasteiger partial charge in [0, 0.05) is 25.7 Å². The number of hydrogen-bond acceptors (Lipinski definition) is 15. The third-order valence-corrected chi connectivity index (χ3v) is 17.0. The largest absolute Gasteiger partial charge is 0.472 e. The molecule has 0 fully saturated rings. The first-order valence-corrected chi connectivity index (χ1v) is 37.8. The Bertz CT molecular complexity index is 1790. The minimum absolute atomic E-state index is 0.0993. The second kappa shape index (κ2) is 59.8. The maximum absolute atomic E-state index is 13.0. The Morgan fingerprint density at radius 1 is 0.356 bits per heavy atom. The lowest BCUT2D eigenvalue weighted by molar-refractivity contribution is -0.161. The highest BCUT2D eigenvalue weighted by Crippen LogP contribution is 2.45. The molecule has 0 aliphatic carbocycles. The van der Waals surface area contributed by atoms with Gasteiger partial charge in [-0.25, -0.2) is 9.13 Å². The lowest BCUT2D eigenvalue weighted by Gasteiger charge is -2.21. The molecule has 0 saturated carbocycles. The van der Waals surface area contributed by atoms with Gasteiger partial charge in [-0.05, 0) is 63.2 Å².